The Balaban J connectivity index is 3.45. The van der Waals surface area contributed by atoms with E-state index in [1.807, 2.05) is 6.07 Å². The van der Waals surface area contributed by atoms with E-state index in [4.69, 9.17) is 22.0 Å². The van der Waals surface area contributed by atoms with Crippen molar-refractivity contribution in [2.45, 2.75) is 18.2 Å². The highest BCUT2D eigenvalue weighted by Crippen LogP contribution is 2.29. The van der Waals surface area contributed by atoms with Crippen LogP contribution in [-0.4, -0.2) is 36.9 Å². The summed E-state index contributed by atoms with van der Waals surface area (Å²) in [5.41, 5.74) is 0.179. The van der Waals surface area contributed by atoms with Gasteiger partial charge in [-0.3, -0.25) is 0 Å². The van der Waals surface area contributed by atoms with Gasteiger partial charge < -0.3 is 5.11 Å². The number of aromatic carboxylic acids is 1. The topological polar surface area (TPSA) is 98.5 Å². The summed E-state index contributed by atoms with van der Waals surface area (Å²) in [6.45, 7) is 4.98. The molecule has 22 heavy (non-hydrogen) atoms. The highest BCUT2D eigenvalue weighted by molar-refractivity contribution is 7.89. The van der Waals surface area contributed by atoms with E-state index < -0.39 is 16.0 Å². The van der Waals surface area contributed by atoms with Gasteiger partial charge in [0, 0.05) is 19.5 Å². The SMILES string of the molecule is C=CCN(CCC#N)S(=O)(=O)c1cc(C(=O)O)cc(C)c1Cl. The first-order valence-corrected chi connectivity index (χ1v) is 8.09. The van der Waals surface area contributed by atoms with Crippen LogP contribution >= 0.6 is 11.6 Å². The van der Waals surface area contributed by atoms with Gasteiger partial charge in [-0.05, 0) is 24.6 Å². The van der Waals surface area contributed by atoms with Gasteiger partial charge in [0.1, 0.15) is 4.90 Å². The van der Waals surface area contributed by atoms with E-state index in [2.05, 4.69) is 6.58 Å². The Morgan fingerprint density at radius 2 is 2.18 bits per heavy atom. The molecule has 0 fully saturated rings. The van der Waals surface area contributed by atoms with Crippen molar-refractivity contribution >= 4 is 27.6 Å². The molecule has 0 bridgehead atoms. The molecule has 0 radical (unpaired) electrons. The number of benzene rings is 1. The fourth-order valence-electron chi connectivity index (χ4n) is 1.82. The minimum Gasteiger partial charge on any atom is -0.478 e. The van der Waals surface area contributed by atoms with E-state index in [9.17, 15) is 13.2 Å². The number of carboxylic acid groups (broad SMARTS) is 1. The first-order chi connectivity index (χ1) is 10.3. The van der Waals surface area contributed by atoms with Crippen LogP contribution in [0.15, 0.2) is 29.7 Å². The molecule has 8 heteroatoms. The van der Waals surface area contributed by atoms with Gasteiger partial charge in [0.15, 0.2) is 0 Å². The van der Waals surface area contributed by atoms with E-state index in [1.54, 1.807) is 0 Å². The lowest BCUT2D eigenvalue weighted by atomic mass is 10.1. The fraction of sp³-hybridized carbons (Fsp3) is 0.286. The molecular formula is C14H15ClN2O4S. The van der Waals surface area contributed by atoms with Gasteiger partial charge in [0.05, 0.1) is 16.7 Å². The van der Waals surface area contributed by atoms with Gasteiger partial charge in [-0.25, -0.2) is 13.2 Å². The molecule has 0 saturated heterocycles. The van der Waals surface area contributed by atoms with Gasteiger partial charge in [0.2, 0.25) is 10.0 Å². The molecule has 1 aromatic rings. The van der Waals surface area contributed by atoms with E-state index >= 15 is 0 Å². The van der Waals surface area contributed by atoms with Crippen LogP contribution in [0.4, 0.5) is 0 Å². The van der Waals surface area contributed by atoms with Crippen molar-refractivity contribution in [1.82, 2.24) is 4.31 Å². The van der Waals surface area contributed by atoms with Gasteiger partial charge in [-0.1, -0.05) is 17.7 Å². The number of rotatable bonds is 7. The van der Waals surface area contributed by atoms with Crippen molar-refractivity contribution in [3.8, 4) is 6.07 Å². The zero-order chi connectivity index (χ0) is 16.9. The number of carboxylic acids is 1. The summed E-state index contributed by atoms with van der Waals surface area (Å²) in [7, 11) is -4.03. The maximum absolute atomic E-state index is 12.7. The average Bonchev–Trinajstić information content (AvgIpc) is 2.45. The molecular weight excluding hydrogens is 328 g/mol. The average molecular weight is 343 g/mol. The largest absolute Gasteiger partial charge is 0.478 e. The third-order valence-corrected chi connectivity index (χ3v) is 5.39. The molecule has 0 spiro atoms. The summed E-state index contributed by atoms with van der Waals surface area (Å²) < 4.78 is 26.4. The number of hydrogen-bond acceptors (Lipinski definition) is 4. The monoisotopic (exact) mass is 342 g/mol. The quantitative estimate of drug-likeness (QED) is 0.767. The molecule has 6 nitrogen and oxygen atoms in total. The number of hydrogen-bond donors (Lipinski definition) is 1. The number of sulfonamides is 1. The van der Waals surface area contributed by atoms with Crippen molar-refractivity contribution in [3.63, 3.8) is 0 Å². The summed E-state index contributed by atoms with van der Waals surface area (Å²) in [4.78, 5) is 10.8. The lowest BCUT2D eigenvalue weighted by Gasteiger charge is -2.21. The van der Waals surface area contributed by atoms with Gasteiger partial charge in [-0.15, -0.1) is 6.58 Å². The van der Waals surface area contributed by atoms with Gasteiger partial charge in [-0.2, -0.15) is 9.57 Å². The molecule has 0 aliphatic heterocycles. The number of nitrogens with zero attached hydrogens (tertiary/aromatic N) is 2. The Bertz CT molecular complexity index is 738. The van der Waals surface area contributed by atoms with Gasteiger partial charge in [0.25, 0.3) is 0 Å². The molecule has 0 atom stereocenters. The van der Waals surface area contributed by atoms with Crippen LogP contribution < -0.4 is 0 Å². The number of aryl methyl sites for hydroxylation is 1. The van der Waals surface area contributed by atoms with Crippen molar-refractivity contribution in [1.29, 1.82) is 5.26 Å². The zero-order valence-corrected chi connectivity index (χ0v) is 13.5. The third kappa shape index (κ3) is 3.85. The number of halogens is 1. The maximum atomic E-state index is 12.7. The predicted octanol–water partition coefficient (Wildman–Crippen LogP) is 2.44. The van der Waals surface area contributed by atoms with Crippen LogP contribution in [0.3, 0.4) is 0 Å². The molecule has 0 aliphatic carbocycles. The maximum Gasteiger partial charge on any atom is 0.335 e. The van der Waals surface area contributed by atoms with Crippen LogP contribution in [0.5, 0.6) is 0 Å². The Hall–Kier alpha value is -1.88. The van der Waals surface area contributed by atoms with Gasteiger partial charge >= 0.3 is 5.97 Å². The van der Waals surface area contributed by atoms with Crippen molar-refractivity contribution in [2.75, 3.05) is 13.1 Å². The highest BCUT2D eigenvalue weighted by atomic mass is 35.5. The first-order valence-electron chi connectivity index (χ1n) is 6.27. The third-order valence-electron chi connectivity index (χ3n) is 2.89. The molecule has 0 amide bonds. The lowest BCUT2D eigenvalue weighted by Crippen LogP contribution is -2.32. The molecule has 1 aromatic carbocycles. The van der Waals surface area contributed by atoms with Crippen LogP contribution in [0, 0.1) is 18.3 Å². The molecule has 0 unspecified atom stereocenters. The summed E-state index contributed by atoms with van der Waals surface area (Å²) in [5, 5.41) is 17.7. The summed E-state index contributed by atoms with van der Waals surface area (Å²) in [6.07, 6.45) is 1.39. The molecule has 0 aromatic heterocycles. The van der Waals surface area contributed by atoms with Crippen molar-refractivity contribution < 1.29 is 18.3 Å². The smallest absolute Gasteiger partial charge is 0.335 e. The number of nitriles is 1. The van der Waals surface area contributed by atoms with E-state index in [0.717, 1.165) is 10.4 Å². The van der Waals surface area contributed by atoms with E-state index in [-0.39, 0.29) is 35.0 Å². The highest BCUT2D eigenvalue weighted by Gasteiger charge is 2.27. The molecule has 118 valence electrons. The fourth-order valence-corrected chi connectivity index (χ4v) is 3.79. The van der Waals surface area contributed by atoms with E-state index in [0.29, 0.717) is 5.56 Å². The molecule has 0 aliphatic rings. The Morgan fingerprint density at radius 1 is 1.55 bits per heavy atom. The molecule has 0 saturated carbocycles. The second kappa shape index (κ2) is 7.40. The summed E-state index contributed by atoms with van der Waals surface area (Å²) in [5.74, 6) is -1.25. The summed E-state index contributed by atoms with van der Waals surface area (Å²) in [6, 6.07) is 4.19. The van der Waals surface area contributed by atoms with Crippen molar-refractivity contribution in [3.05, 3.63) is 40.9 Å². The Kier molecular flexibility index (Phi) is 6.11. The van der Waals surface area contributed by atoms with Crippen LogP contribution in [-0.2, 0) is 10.0 Å². The minimum absolute atomic E-state index is 0.00227. The first kappa shape index (κ1) is 18.2. The standard InChI is InChI=1S/C14H15ClN2O4S/c1-3-6-17(7-4-5-16)22(20,21)12-9-11(14(18)19)8-10(2)13(12)15/h3,8-9H,1,4,6-7H2,2H3,(H,18,19). The van der Waals surface area contributed by atoms with Crippen LogP contribution in [0.1, 0.15) is 22.3 Å². The van der Waals surface area contributed by atoms with Crippen LogP contribution in [0.2, 0.25) is 5.02 Å². The zero-order valence-electron chi connectivity index (χ0n) is 11.9. The summed E-state index contributed by atoms with van der Waals surface area (Å²) >= 11 is 6.04. The predicted molar refractivity (Wildman–Crippen MR) is 82.3 cm³/mol. The molecule has 0 heterocycles. The molecule has 1 rings (SSSR count). The second-order valence-electron chi connectivity index (χ2n) is 4.47. The van der Waals surface area contributed by atoms with Crippen LogP contribution in [0.25, 0.3) is 0 Å². The molecule has 1 N–H and O–H groups in total. The number of carbonyl (C=O) groups is 1. The normalized spacial score (nSPS) is 11.2. The van der Waals surface area contributed by atoms with Crippen molar-refractivity contribution in [2.24, 2.45) is 0 Å². The van der Waals surface area contributed by atoms with E-state index in [1.165, 1.54) is 19.1 Å². The minimum atomic E-state index is -4.03. The Labute approximate surface area is 134 Å². The lowest BCUT2D eigenvalue weighted by molar-refractivity contribution is 0.0696. The Morgan fingerprint density at radius 3 is 2.68 bits per heavy atom. The second-order valence-corrected chi connectivity index (χ2v) is 6.75.